The van der Waals surface area contributed by atoms with Gasteiger partial charge in [0.05, 0.1) is 0 Å². The zero-order valence-corrected chi connectivity index (χ0v) is 12.5. The third-order valence-electron chi connectivity index (χ3n) is 4.14. The maximum Gasteiger partial charge on any atom is 0.274 e. The third-order valence-corrected chi connectivity index (χ3v) is 4.14. The second-order valence-corrected chi connectivity index (χ2v) is 5.72. The molecule has 3 heterocycles. The van der Waals surface area contributed by atoms with E-state index in [0.717, 1.165) is 43.9 Å². The van der Waals surface area contributed by atoms with Gasteiger partial charge in [0.15, 0.2) is 0 Å². The van der Waals surface area contributed by atoms with Gasteiger partial charge < -0.3 is 9.47 Å². The van der Waals surface area contributed by atoms with Gasteiger partial charge in [-0.2, -0.15) is 5.10 Å². The highest BCUT2D eigenvalue weighted by Crippen LogP contribution is 2.20. The van der Waals surface area contributed by atoms with Crippen LogP contribution >= 0.6 is 0 Å². The van der Waals surface area contributed by atoms with E-state index in [4.69, 9.17) is 0 Å². The number of carbonyl (C=O) groups excluding carboxylic acids is 1. The van der Waals surface area contributed by atoms with Gasteiger partial charge in [-0.15, -0.1) is 0 Å². The Balaban J connectivity index is 1.61. The molecule has 6 nitrogen and oxygen atoms in total. The first-order chi connectivity index (χ1) is 10.2. The quantitative estimate of drug-likeness (QED) is 0.926. The second kappa shape index (κ2) is 5.71. The van der Waals surface area contributed by atoms with Gasteiger partial charge in [-0.25, -0.2) is 4.98 Å². The van der Waals surface area contributed by atoms with E-state index in [0.29, 0.717) is 11.6 Å². The van der Waals surface area contributed by atoms with E-state index in [-0.39, 0.29) is 5.91 Å². The monoisotopic (exact) mass is 287 g/mol. The Morgan fingerprint density at radius 2 is 2.43 bits per heavy atom. The second-order valence-electron chi connectivity index (χ2n) is 5.72. The van der Waals surface area contributed by atoms with Crippen LogP contribution < -0.4 is 0 Å². The lowest BCUT2D eigenvalue weighted by Gasteiger charge is -2.27. The van der Waals surface area contributed by atoms with E-state index in [1.807, 2.05) is 32.4 Å². The van der Waals surface area contributed by atoms with Crippen molar-refractivity contribution in [3.63, 3.8) is 0 Å². The van der Waals surface area contributed by atoms with Gasteiger partial charge in [0, 0.05) is 44.6 Å². The molecule has 21 heavy (non-hydrogen) atoms. The summed E-state index contributed by atoms with van der Waals surface area (Å²) in [4.78, 5) is 18.5. The molecule has 1 unspecified atom stereocenters. The third kappa shape index (κ3) is 2.84. The average molecular weight is 287 g/mol. The highest BCUT2D eigenvalue weighted by atomic mass is 16.2. The number of H-pyrrole nitrogens is 1. The van der Waals surface area contributed by atoms with Crippen molar-refractivity contribution < 1.29 is 4.79 Å². The molecule has 0 saturated carbocycles. The first kappa shape index (κ1) is 13.9. The summed E-state index contributed by atoms with van der Waals surface area (Å²) >= 11 is 0. The number of nitrogens with zero attached hydrogens (tertiary/aromatic N) is 4. The van der Waals surface area contributed by atoms with Crippen molar-refractivity contribution in [2.24, 2.45) is 5.92 Å². The number of hydrogen-bond donors (Lipinski definition) is 1. The molecule has 0 spiro atoms. The fourth-order valence-electron chi connectivity index (χ4n) is 2.90. The summed E-state index contributed by atoms with van der Waals surface area (Å²) in [7, 11) is 1.85. The number of hydrogen-bond acceptors (Lipinski definition) is 3. The van der Waals surface area contributed by atoms with Gasteiger partial charge in [-0.3, -0.25) is 9.89 Å². The Labute approximate surface area is 124 Å². The van der Waals surface area contributed by atoms with Crippen LogP contribution in [-0.2, 0) is 19.4 Å². The van der Waals surface area contributed by atoms with Crippen LogP contribution in [-0.4, -0.2) is 44.1 Å². The molecule has 6 heteroatoms. The maximum atomic E-state index is 12.4. The molecule has 0 aromatic carbocycles. The van der Waals surface area contributed by atoms with E-state index in [1.54, 1.807) is 4.90 Å². The topological polar surface area (TPSA) is 66.8 Å². The highest BCUT2D eigenvalue weighted by Gasteiger charge is 2.23. The smallest absolute Gasteiger partial charge is 0.274 e. The molecule has 0 saturated heterocycles. The Hall–Kier alpha value is -2.11. The predicted octanol–water partition coefficient (Wildman–Crippen LogP) is 1.50. The number of amides is 1. The fourth-order valence-corrected chi connectivity index (χ4v) is 2.90. The highest BCUT2D eigenvalue weighted by molar-refractivity contribution is 5.92. The molecule has 0 radical (unpaired) electrons. The molecule has 1 aliphatic heterocycles. The SMILES string of the molecule is CCc1cc(C(=O)N(C)CC2CCc3nccn3C2)n[nH]1. The first-order valence-electron chi connectivity index (χ1n) is 7.47. The molecular weight excluding hydrogens is 266 g/mol. The van der Waals surface area contributed by atoms with Crippen LogP contribution in [0.3, 0.4) is 0 Å². The zero-order valence-electron chi connectivity index (χ0n) is 12.5. The molecule has 112 valence electrons. The van der Waals surface area contributed by atoms with Crippen molar-refractivity contribution in [1.29, 1.82) is 0 Å². The summed E-state index contributed by atoms with van der Waals surface area (Å²) in [5, 5.41) is 6.99. The van der Waals surface area contributed by atoms with E-state index in [1.165, 1.54) is 0 Å². The molecule has 2 aromatic rings. The van der Waals surface area contributed by atoms with E-state index < -0.39 is 0 Å². The lowest BCUT2D eigenvalue weighted by Crippen LogP contribution is -2.35. The van der Waals surface area contributed by atoms with Crippen LogP contribution in [0.5, 0.6) is 0 Å². The average Bonchev–Trinajstić information content (AvgIpc) is 3.14. The minimum atomic E-state index is -0.0117. The van der Waals surface area contributed by atoms with Crippen molar-refractivity contribution in [1.82, 2.24) is 24.6 Å². The summed E-state index contributed by atoms with van der Waals surface area (Å²) in [5.41, 5.74) is 1.50. The van der Waals surface area contributed by atoms with Crippen LogP contribution in [0, 0.1) is 5.92 Å². The number of imidazole rings is 1. The van der Waals surface area contributed by atoms with Crippen molar-refractivity contribution in [3.05, 3.63) is 35.7 Å². The number of rotatable bonds is 4. The summed E-state index contributed by atoms with van der Waals surface area (Å²) in [6.07, 6.45) is 6.79. The molecule has 1 N–H and O–H groups in total. The minimum Gasteiger partial charge on any atom is -0.340 e. The molecule has 0 bridgehead atoms. The van der Waals surface area contributed by atoms with Crippen molar-refractivity contribution in [2.75, 3.05) is 13.6 Å². The number of aromatic nitrogens is 4. The molecule has 1 aliphatic rings. The normalized spacial score (nSPS) is 17.5. The Kier molecular flexibility index (Phi) is 3.77. The van der Waals surface area contributed by atoms with Gasteiger partial charge in [0.2, 0.25) is 0 Å². The van der Waals surface area contributed by atoms with Gasteiger partial charge in [0.25, 0.3) is 5.91 Å². The zero-order chi connectivity index (χ0) is 14.8. The van der Waals surface area contributed by atoms with E-state index >= 15 is 0 Å². The summed E-state index contributed by atoms with van der Waals surface area (Å²) in [6.45, 7) is 3.73. The number of carbonyl (C=O) groups is 1. The number of fused-ring (bicyclic) bond motifs is 1. The van der Waals surface area contributed by atoms with Crippen molar-refractivity contribution in [3.8, 4) is 0 Å². The Morgan fingerprint density at radius 3 is 3.19 bits per heavy atom. The molecule has 1 atom stereocenters. The first-order valence-corrected chi connectivity index (χ1v) is 7.47. The minimum absolute atomic E-state index is 0.0117. The fraction of sp³-hybridized carbons (Fsp3) is 0.533. The molecule has 1 amide bonds. The number of aryl methyl sites for hydroxylation is 2. The molecule has 0 fully saturated rings. The molecular formula is C15H21N5O. The van der Waals surface area contributed by atoms with Gasteiger partial charge in [-0.1, -0.05) is 6.92 Å². The Bertz CT molecular complexity index is 630. The van der Waals surface area contributed by atoms with Crippen molar-refractivity contribution in [2.45, 2.75) is 32.7 Å². The largest absolute Gasteiger partial charge is 0.340 e. The van der Waals surface area contributed by atoms with Crippen LogP contribution in [0.1, 0.15) is 35.4 Å². The summed E-state index contributed by atoms with van der Waals surface area (Å²) < 4.78 is 2.19. The van der Waals surface area contributed by atoms with E-state index in [9.17, 15) is 4.79 Å². The predicted molar refractivity (Wildman–Crippen MR) is 79.0 cm³/mol. The summed E-state index contributed by atoms with van der Waals surface area (Å²) in [5.74, 6) is 1.62. The van der Waals surface area contributed by atoms with Crippen molar-refractivity contribution >= 4 is 5.91 Å². The lowest BCUT2D eigenvalue weighted by atomic mass is 9.99. The van der Waals surface area contributed by atoms with Crippen LogP contribution in [0.15, 0.2) is 18.5 Å². The summed E-state index contributed by atoms with van der Waals surface area (Å²) in [6, 6.07) is 1.84. The van der Waals surface area contributed by atoms with E-state index in [2.05, 4.69) is 19.7 Å². The maximum absolute atomic E-state index is 12.4. The standard InChI is InChI=1S/C15H21N5O/c1-3-12-8-13(18-17-12)15(21)19(2)9-11-4-5-14-16-6-7-20(14)10-11/h6-8,11H,3-5,9-10H2,1-2H3,(H,17,18). The van der Waals surface area contributed by atoms with Crippen LogP contribution in [0.4, 0.5) is 0 Å². The van der Waals surface area contributed by atoms with Crippen LogP contribution in [0.25, 0.3) is 0 Å². The number of aromatic amines is 1. The lowest BCUT2D eigenvalue weighted by molar-refractivity contribution is 0.0754. The molecule has 0 aliphatic carbocycles. The van der Waals surface area contributed by atoms with Crippen LogP contribution in [0.2, 0.25) is 0 Å². The molecule has 3 rings (SSSR count). The van der Waals surface area contributed by atoms with Gasteiger partial charge in [0.1, 0.15) is 11.5 Å². The number of nitrogens with one attached hydrogen (secondary N) is 1. The van der Waals surface area contributed by atoms with Gasteiger partial charge in [-0.05, 0) is 24.8 Å². The molecule has 2 aromatic heterocycles. The van der Waals surface area contributed by atoms with Gasteiger partial charge >= 0.3 is 0 Å². The Morgan fingerprint density at radius 1 is 1.57 bits per heavy atom.